The highest BCUT2D eigenvalue weighted by Gasteiger charge is 2.15. The van der Waals surface area contributed by atoms with Crippen molar-refractivity contribution in [2.75, 3.05) is 5.32 Å². The molecule has 8 aromatic carbocycles. The van der Waals surface area contributed by atoms with Gasteiger partial charge in [-0.25, -0.2) is 0 Å². The van der Waals surface area contributed by atoms with E-state index in [1.165, 1.54) is 71.6 Å². The Morgan fingerprint density at radius 1 is 0.314 bits per heavy atom. The van der Waals surface area contributed by atoms with E-state index in [9.17, 15) is 0 Å². The van der Waals surface area contributed by atoms with Crippen LogP contribution in [-0.2, 0) is 0 Å². The summed E-state index contributed by atoms with van der Waals surface area (Å²) in [5.41, 5.74) is 14.0. The predicted molar refractivity (Wildman–Crippen MR) is 216 cm³/mol. The zero-order chi connectivity index (χ0) is 33.7. The van der Waals surface area contributed by atoms with Crippen molar-refractivity contribution in [2.45, 2.75) is 0 Å². The Morgan fingerprint density at radius 3 is 1.31 bits per heavy atom. The average Bonchev–Trinajstić information content (AvgIpc) is 3.72. The molecule has 240 valence electrons. The van der Waals surface area contributed by atoms with Gasteiger partial charge >= 0.3 is 0 Å². The summed E-state index contributed by atoms with van der Waals surface area (Å²) in [7, 11) is 0. The van der Waals surface area contributed by atoms with Gasteiger partial charge in [0.15, 0.2) is 0 Å². The number of hydrogen-bond acceptors (Lipinski definition) is 1. The van der Waals surface area contributed by atoms with Crippen molar-refractivity contribution in [3.8, 4) is 33.6 Å². The molecule has 3 nitrogen and oxygen atoms in total. The molecule has 51 heavy (non-hydrogen) atoms. The molecular formula is C48H33N3. The minimum Gasteiger partial charge on any atom is -0.356 e. The summed E-state index contributed by atoms with van der Waals surface area (Å²) in [6.45, 7) is 0. The third kappa shape index (κ3) is 4.90. The molecule has 3 heteroatoms. The Bertz CT molecular complexity index is 2770. The van der Waals surface area contributed by atoms with E-state index in [0.717, 1.165) is 17.1 Å². The highest BCUT2D eigenvalue weighted by molar-refractivity contribution is 6.10. The minimum absolute atomic E-state index is 1.05. The Balaban J connectivity index is 0.929. The number of fused-ring (bicyclic) bond motifs is 6. The van der Waals surface area contributed by atoms with E-state index >= 15 is 0 Å². The molecule has 0 aliphatic heterocycles. The number of benzene rings is 8. The number of anilines is 2. The van der Waals surface area contributed by atoms with Crippen molar-refractivity contribution < 1.29 is 0 Å². The Hall–Kier alpha value is -6.84. The van der Waals surface area contributed by atoms with Gasteiger partial charge in [-0.2, -0.15) is 0 Å². The van der Waals surface area contributed by atoms with E-state index in [1.807, 2.05) is 0 Å². The molecule has 0 radical (unpaired) electrons. The van der Waals surface area contributed by atoms with Crippen LogP contribution in [0.2, 0.25) is 0 Å². The van der Waals surface area contributed by atoms with Gasteiger partial charge in [-0.1, -0.05) is 127 Å². The lowest BCUT2D eigenvalue weighted by Crippen LogP contribution is -1.97. The third-order valence-corrected chi connectivity index (χ3v) is 10.1. The standard InChI is InChI=1S/C48H33N3/c1-6-19-44(51-47-22-9-4-17-42(47)43-18-5-10-23-48(43)51)39(14-1)34-26-30-37(31-27-34)49-36-28-24-33(25-29-36)35-12-11-13-38(32-35)50-45-20-7-2-15-40(45)41-16-3-8-21-46(41)50/h1-32,49H. The SMILES string of the molecule is c1cc(-c2ccc(Nc3ccc(-c4ccccc4-n4c5ccccc5c5ccccc54)cc3)cc2)cc(-n2c3ccccc3c3ccccc32)c1. The summed E-state index contributed by atoms with van der Waals surface area (Å²) in [6.07, 6.45) is 0. The normalized spacial score (nSPS) is 11.5. The van der Waals surface area contributed by atoms with Crippen molar-refractivity contribution in [3.05, 3.63) is 194 Å². The molecule has 1 N–H and O–H groups in total. The van der Waals surface area contributed by atoms with E-state index in [2.05, 4.69) is 209 Å². The largest absolute Gasteiger partial charge is 0.356 e. The van der Waals surface area contributed by atoms with Crippen molar-refractivity contribution >= 4 is 55.0 Å². The second-order valence-electron chi connectivity index (χ2n) is 13.1. The molecule has 2 aromatic heterocycles. The summed E-state index contributed by atoms with van der Waals surface area (Å²) >= 11 is 0. The zero-order valence-corrected chi connectivity index (χ0v) is 27.9. The van der Waals surface area contributed by atoms with Crippen LogP contribution in [0.5, 0.6) is 0 Å². The lowest BCUT2D eigenvalue weighted by molar-refractivity contribution is 1.18. The van der Waals surface area contributed by atoms with E-state index in [0.29, 0.717) is 0 Å². The first-order chi connectivity index (χ1) is 25.3. The topological polar surface area (TPSA) is 21.9 Å². The molecule has 0 saturated heterocycles. The van der Waals surface area contributed by atoms with Crippen LogP contribution in [0.1, 0.15) is 0 Å². The zero-order valence-electron chi connectivity index (χ0n) is 27.9. The first-order valence-electron chi connectivity index (χ1n) is 17.4. The van der Waals surface area contributed by atoms with Crippen molar-refractivity contribution in [1.82, 2.24) is 9.13 Å². The summed E-state index contributed by atoms with van der Waals surface area (Å²) in [4.78, 5) is 0. The number of hydrogen-bond donors (Lipinski definition) is 1. The van der Waals surface area contributed by atoms with Crippen LogP contribution in [0.25, 0.3) is 77.2 Å². The van der Waals surface area contributed by atoms with Crippen molar-refractivity contribution in [1.29, 1.82) is 0 Å². The van der Waals surface area contributed by atoms with Gasteiger partial charge in [0.2, 0.25) is 0 Å². The molecule has 10 rings (SSSR count). The van der Waals surface area contributed by atoms with Crippen LogP contribution in [-0.4, -0.2) is 9.13 Å². The fraction of sp³-hybridized carbons (Fsp3) is 0. The molecule has 0 amide bonds. The van der Waals surface area contributed by atoms with Gasteiger partial charge in [-0.3, -0.25) is 0 Å². The molecule has 0 unspecified atom stereocenters. The quantitative estimate of drug-likeness (QED) is 0.190. The molecule has 0 atom stereocenters. The second kappa shape index (κ2) is 11.9. The van der Waals surface area contributed by atoms with E-state index in [4.69, 9.17) is 0 Å². The summed E-state index contributed by atoms with van der Waals surface area (Å²) in [6, 6.07) is 69.7. The highest BCUT2D eigenvalue weighted by atomic mass is 15.0. The number of nitrogens with zero attached hydrogens (tertiary/aromatic N) is 2. The van der Waals surface area contributed by atoms with Gasteiger partial charge in [0.1, 0.15) is 0 Å². The smallest absolute Gasteiger partial charge is 0.0541 e. The Labute approximate surface area is 296 Å². The number of aromatic nitrogens is 2. The van der Waals surface area contributed by atoms with Crippen LogP contribution in [0, 0.1) is 0 Å². The van der Waals surface area contributed by atoms with Crippen molar-refractivity contribution in [2.24, 2.45) is 0 Å². The maximum Gasteiger partial charge on any atom is 0.0541 e. The fourth-order valence-corrected chi connectivity index (χ4v) is 7.77. The molecule has 0 aliphatic rings. The molecule has 0 saturated carbocycles. The van der Waals surface area contributed by atoms with Crippen LogP contribution in [0.3, 0.4) is 0 Å². The predicted octanol–water partition coefficient (Wildman–Crippen LogP) is 13.0. The molecule has 0 bridgehead atoms. The highest BCUT2D eigenvalue weighted by Crippen LogP contribution is 2.37. The van der Waals surface area contributed by atoms with Gasteiger partial charge in [0, 0.05) is 44.2 Å². The Kier molecular flexibility index (Phi) is 6.81. The van der Waals surface area contributed by atoms with E-state index < -0.39 is 0 Å². The van der Waals surface area contributed by atoms with Crippen LogP contribution in [0.4, 0.5) is 11.4 Å². The summed E-state index contributed by atoms with van der Waals surface area (Å²) in [5.74, 6) is 0. The Morgan fingerprint density at radius 2 is 0.765 bits per heavy atom. The number of nitrogens with one attached hydrogen (secondary N) is 1. The second-order valence-corrected chi connectivity index (χ2v) is 13.1. The molecule has 0 fully saturated rings. The maximum absolute atomic E-state index is 3.62. The van der Waals surface area contributed by atoms with Crippen LogP contribution >= 0.6 is 0 Å². The lowest BCUT2D eigenvalue weighted by atomic mass is 10.0. The fourth-order valence-electron chi connectivity index (χ4n) is 7.77. The van der Waals surface area contributed by atoms with Gasteiger partial charge in [0.05, 0.1) is 27.8 Å². The number of rotatable bonds is 6. The maximum atomic E-state index is 3.62. The molecule has 10 aromatic rings. The molecular weight excluding hydrogens is 619 g/mol. The van der Waals surface area contributed by atoms with E-state index in [1.54, 1.807) is 0 Å². The van der Waals surface area contributed by atoms with Gasteiger partial charge in [-0.15, -0.1) is 0 Å². The van der Waals surface area contributed by atoms with Gasteiger partial charge in [-0.05, 0) is 83.4 Å². The average molecular weight is 652 g/mol. The molecule has 0 spiro atoms. The van der Waals surface area contributed by atoms with Crippen molar-refractivity contribution in [3.63, 3.8) is 0 Å². The first kappa shape index (κ1) is 29.1. The summed E-state index contributed by atoms with van der Waals surface area (Å²) < 4.78 is 4.77. The van der Waals surface area contributed by atoms with Gasteiger partial charge in [0.25, 0.3) is 0 Å². The van der Waals surface area contributed by atoms with Gasteiger partial charge < -0.3 is 14.5 Å². The van der Waals surface area contributed by atoms with E-state index in [-0.39, 0.29) is 0 Å². The lowest BCUT2D eigenvalue weighted by Gasteiger charge is -2.15. The molecule has 2 heterocycles. The van der Waals surface area contributed by atoms with Crippen LogP contribution < -0.4 is 5.32 Å². The first-order valence-corrected chi connectivity index (χ1v) is 17.4. The monoisotopic (exact) mass is 651 g/mol. The summed E-state index contributed by atoms with van der Waals surface area (Å²) in [5, 5.41) is 8.70. The van der Waals surface area contributed by atoms with Crippen LogP contribution in [0.15, 0.2) is 194 Å². The number of para-hydroxylation sites is 5. The third-order valence-electron chi connectivity index (χ3n) is 10.1. The molecule has 0 aliphatic carbocycles. The minimum atomic E-state index is 1.05.